The summed E-state index contributed by atoms with van der Waals surface area (Å²) >= 11 is 2.05. The van der Waals surface area contributed by atoms with Crippen LogP contribution in [0.5, 0.6) is 0 Å². The van der Waals surface area contributed by atoms with Gasteiger partial charge in [0.15, 0.2) is 0 Å². The van der Waals surface area contributed by atoms with Crippen molar-refractivity contribution in [2.24, 2.45) is 5.92 Å². The molecule has 2 fully saturated rings. The third kappa shape index (κ3) is 4.04. The van der Waals surface area contributed by atoms with Gasteiger partial charge in [-0.1, -0.05) is 18.2 Å². The molecule has 0 radical (unpaired) electrons. The fourth-order valence-corrected chi connectivity index (χ4v) is 5.64. The Kier molecular flexibility index (Phi) is 5.44. The second-order valence-corrected chi connectivity index (χ2v) is 9.08. The van der Waals surface area contributed by atoms with E-state index in [1.54, 1.807) is 24.3 Å². The van der Waals surface area contributed by atoms with E-state index in [1.807, 2.05) is 6.07 Å². The molecule has 22 heavy (non-hydrogen) atoms. The van der Waals surface area contributed by atoms with Crippen molar-refractivity contribution >= 4 is 21.8 Å². The molecule has 2 aliphatic rings. The van der Waals surface area contributed by atoms with Gasteiger partial charge in [-0.05, 0) is 56.2 Å². The van der Waals surface area contributed by atoms with Gasteiger partial charge < -0.3 is 0 Å². The Labute approximate surface area is 137 Å². The number of nitrogens with zero attached hydrogens (tertiary/aromatic N) is 1. The molecule has 2 aliphatic heterocycles. The van der Waals surface area contributed by atoms with E-state index in [-0.39, 0.29) is 0 Å². The minimum absolute atomic E-state index is 0.357. The molecular formula is C16H24N2O2S2. The molecule has 2 heterocycles. The predicted molar refractivity (Wildman–Crippen MR) is 91.7 cm³/mol. The Morgan fingerprint density at radius 2 is 1.86 bits per heavy atom. The molecule has 0 unspecified atom stereocenters. The highest BCUT2D eigenvalue weighted by Crippen LogP contribution is 2.26. The van der Waals surface area contributed by atoms with E-state index in [1.165, 1.54) is 17.9 Å². The van der Waals surface area contributed by atoms with Crippen molar-refractivity contribution in [1.82, 2.24) is 9.62 Å². The van der Waals surface area contributed by atoms with Gasteiger partial charge in [-0.2, -0.15) is 11.8 Å². The Morgan fingerprint density at radius 1 is 1.14 bits per heavy atom. The van der Waals surface area contributed by atoms with Crippen molar-refractivity contribution in [1.29, 1.82) is 0 Å². The Hall–Kier alpha value is -0.560. The molecule has 1 aromatic rings. The lowest BCUT2D eigenvalue weighted by Gasteiger charge is -2.35. The van der Waals surface area contributed by atoms with E-state index in [4.69, 9.17) is 0 Å². The van der Waals surface area contributed by atoms with Gasteiger partial charge in [-0.25, -0.2) is 13.1 Å². The number of nitrogens with one attached hydrogen (secondary N) is 1. The molecule has 0 aromatic heterocycles. The molecular weight excluding hydrogens is 316 g/mol. The van der Waals surface area contributed by atoms with E-state index < -0.39 is 10.0 Å². The molecule has 6 heteroatoms. The largest absolute Gasteiger partial charge is 0.300 e. The standard InChI is InChI=1S/C16H24N2O2S2/c19-22(20,16-4-2-1-3-5-16)17-12-14-6-9-18(10-7-14)15-8-11-21-13-15/h1-5,14-15,17H,6-13H2/t15-/m1/s1. The van der Waals surface area contributed by atoms with E-state index in [2.05, 4.69) is 21.4 Å². The van der Waals surface area contributed by atoms with E-state index in [0.717, 1.165) is 32.0 Å². The number of hydrogen-bond acceptors (Lipinski definition) is 4. The van der Waals surface area contributed by atoms with Crippen molar-refractivity contribution in [3.05, 3.63) is 30.3 Å². The van der Waals surface area contributed by atoms with Gasteiger partial charge in [-0.3, -0.25) is 4.90 Å². The molecule has 2 saturated heterocycles. The molecule has 122 valence electrons. The average Bonchev–Trinajstić information content (AvgIpc) is 3.09. The summed E-state index contributed by atoms with van der Waals surface area (Å²) in [7, 11) is -3.36. The lowest BCUT2D eigenvalue weighted by molar-refractivity contribution is 0.145. The van der Waals surface area contributed by atoms with Crippen LogP contribution in [0.15, 0.2) is 35.2 Å². The van der Waals surface area contributed by atoms with Crippen LogP contribution in [0.2, 0.25) is 0 Å². The molecule has 1 aromatic carbocycles. The van der Waals surface area contributed by atoms with Crippen LogP contribution in [0.4, 0.5) is 0 Å². The molecule has 0 amide bonds. The molecule has 1 N–H and O–H groups in total. The fraction of sp³-hybridized carbons (Fsp3) is 0.625. The highest BCUT2D eigenvalue weighted by Gasteiger charge is 2.28. The molecule has 0 saturated carbocycles. The number of hydrogen-bond donors (Lipinski definition) is 1. The Balaban J connectivity index is 1.47. The van der Waals surface area contributed by atoms with E-state index in [0.29, 0.717) is 17.4 Å². The van der Waals surface area contributed by atoms with Crippen LogP contribution in [0.25, 0.3) is 0 Å². The number of piperidine rings is 1. The average molecular weight is 341 g/mol. The first-order chi connectivity index (χ1) is 10.6. The van der Waals surface area contributed by atoms with Crippen LogP contribution in [0, 0.1) is 5.92 Å². The Morgan fingerprint density at radius 3 is 2.50 bits per heavy atom. The van der Waals surface area contributed by atoms with Crippen LogP contribution in [-0.4, -0.2) is 50.5 Å². The summed E-state index contributed by atoms with van der Waals surface area (Å²) in [5.41, 5.74) is 0. The zero-order valence-electron chi connectivity index (χ0n) is 12.8. The zero-order chi connectivity index (χ0) is 15.4. The van der Waals surface area contributed by atoms with Crippen LogP contribution in [-0.2, 0) is 10.0 Å². The third-order valence-electron chi connectivity index (χ3n) is 4.69. The van der Waals surface area contributed by atoms with Gasteiger partial charge in [-0.15, -0.1) is 0 Å². The lowest BCUT2D eigenvalue weighted by atomic mass is 9.96. The van der Waals surface area contributed by atoms with E-state index in [9.17, 15) is 8.42 Å². The van der Waals surface area contributed by atoms with Crippen molar-refractivity contribution in [2.75, 3.05) is 31.1 Å². The quantitative estimate of drug-likeness (QED) is 0.893. The van der Waals surface area contributed by atoms with Gasteiger partial charge in [0.2, 0.25) is 10.0 Å². The summed E-state index contributed by atoms with van der Waals surface area (Å²) in [5, 5.41) is 0. The van der Waals surface area contributed by atoms with Crippen LogP contribution in [0.1, 0.15) is 19.3 Å². The number of rotatable bonds is 5. The van der Waals surface area contributed by atoms with Gasteiger partial charge >= 0.3 is 0 Å². The van der Waals surface area contributed by atoms with Crippen molar-refractivity contribution < 1.29 is 8.42 Å². The number of likely N-dealkylation sites (tertiary alicyclic amines) is 1. The van der Waals surface area contributed by atoms with Crippen molar-refractivity contribution in [3.63, 3.8) is 0 Å². The number of sulfonamides is 1. The maximum Gasteiger partial charge on any atom is 0.240 e. The second-order valence-electron chi connectivity index (χ2n) is 6.16. The molecule has 0 aliphatic carbocycles. The summed E-state index contributed by atoms with van der Waals surface area (Å²) in [6, 6.07) is 9.38. The van der Waals surface area contributed by atoms with Gasteiger partial charge in [0.1, 0.15) is 0 Å². The van der Waals surface area contributed by atoms with Crippen LogP contribution >= 0.6 is 11.8 Å². The molecule has 4 nitrogen and oxygen atoms in total. The lowest BCUT2D eigenvalue weighted by Crippen LogP contribution is -2.43. The van der Waals surface area contributed by atoms with Gasteiger partial charge in [0, 0.05) is 18.3 Å². The number of benzene rings is 1. The Bertz CT molecular complexity index is 563. The van der Waals surface area contributed by atoms with Crippen molar-refractivity contribution in [3.8, 4) is 0 Å². The van der Waals surface area contributed by atoms with Gasteiger partial charge in [0.05, 0.1) is 4.90 Å². The highest BCUT2D eigenvalue weighted by atomic mass is 32.2. The highest BCUT2D eigenvalue weighted by molar-refractivity contribution is 7.99. The smallest absolute Gasteiger partial charge is 0.240 e. The summed E-state index contributed by atoms with van der Waals surface area (Å²) in [6.07, 6.45) is 3.51. The second kappa shape index (κ2) is 7.34. The maximum atomic E-state index is 12.2. The van der Waals surface area contributed by atoms with Crippen LogP contribution in [0.3, 0.4) is 0 Å². The van der Waals surface area contributed by atoms with Gasteiger partial charge in [0.25, 0.3) is 0 Å². The summed E-state index contributed by atoms with van der Waals surface area (Å²) in [4.78, 5) is 2.96. The molecule has 0 spiro atoms. The molecule has 0 bridgehead atoms. The minimum Gasteiger partial charge on any atom is -0.300 e. The minimum atomic E-state index is -3.36. The molecule has 1 atom stereocenters. The topological polar surface area (TPSA) is 49.4 Å². The molecule has 3 rings (SSSR count). The maximum absolute atomic E-state index is 12.2. The fourth-order valence-electron chi connectivity index (χ4n) is 3.24. The summed E-state index contributed by atoms with van der Waals surface area (Å²) in [5.74, 6) is 3.02. The van der Waals surface area contributed by atoms with Crippen LogP contribution < -0.4 is 4.72 Å². The normalized spacial score (nSPS) is 24.6. The van der Waals surface area contributed by atoms with E-state index >= 15 is 0 Å². The first kappa shape index (κ1) is 16.3. The first-order valence-electron chi connectivity index (χ1n) is 8.02. The monoisotopic (exact) mass is 340 g/mol. The summed E-state index contributed by atoms with van der Waals surface area (Å²) < 4.78 is 27.2. The SMILES string of the molecule is O=S(=O)(NCC1CCN([C@@H]2CCSC2)CC1)c1ccccc1. The summed E-state index contributed by atoms with van der Waals surface area (Å²) in [6.45, 7) is 2.79. The zero-order valence-corrected chi connectivity index (χ0v) is 14.4. The van der Waals surface area contributed by atoms with Crippen molar-refractivity contribution in [2.45, 2.75) is 30.2 Å². The third-order valence-corrected chi connectivity index (χ3v) is 7.27. The predicted octanol–water partition coefficient (Wildman–Crippen LogP) is 2.18. The first-order valence-corrected chi connectivity index (χ1v) is 10.7. The number of thioether (sulfide) groups is 1.